The lowest BCUT2D eigenvalue weighted by molar-refractivity contribution is -0.124. The van der Waals surface area contributed by atoms with E-state index >= 15 is 0 Å². The molecule has 2 N–H and O–H groups in total. The van der Waals surface area contributed by atoms with Crippen LogP contribution in [0.5, 0.6) is 0 Å². The van der Waals surface area contributed by atoms with Crippen molar-refractivity contribution in [2.45, 2.75) is 12.8 Å². The molecule has 1 saturated heterocycles. The summed E-state index contributed by atoms with van der Waals surface area (Å²) in [6.45, 7) is 6.41. The molecule has 0 aromatic rings. The van der Waals surface area contributed by atoms with Crippen LogP contribution in [-0.2, 0) is 4.79 Å². The molecule has 0 spiro atoms. The number of nitrogens with one attached hydrogen (secondary N) is 2. The van der Waals surface area contributed by atoms with Crippen LogP contribution in [-0.4, -0.2) is 25.5 Å². The second kappa shape index (κ2) is 4.13. The summed E-state index contributed by atoms with van der Waals surface area (Å²) in [5, 5.41) is 6.27. The van der Waals surface area contributed by atoms with Crippen LogP contribution in [0.4, 0.5) is 0 Å². The van der Waals surface area contributed by atoms with Gasteiger partial charge in [-0.3, -0.25) is 4.79 Å². The van der Waals surface area contributed by atoms with Gasteiger partial charge in [0.25, 0.3) is 0 Å². The van der Waals surface area contributed by atoms with Gasteiger partial charge in [-0.2, -0.15) is 0 Å². The van der Waals surface area contributed by atoms with Crippen LogP contribution in [0.3, 0.4) is 0 Å². The van der Waals surface area contributed by atoms with Gasteiger partial charge in [0.15, 0.2) is 0 Å². The van der Waals surface area contributed by atoms with E-state index in [-0.39, 0.29) is 11.8 Å². The molecule has 3 heteroatoms. The van der Waals surface area contributed by atoms with Crippen LogP contribution in [0.1, 0.15) is 12.8 Å². The Kier molecular flexibility index (Phi) is 2.87. The lowest BCUT2D eigenvalue weighted by Crippen LogP contribution is -2.30. The van der Waals surface area contributed by atoms with Gasteiger partial charge in [-0.1, -0.05) is 6.08 Å². The van der Waals surface area contributed by atoms with Crippen molar-refractivity contribution in [3.05, 3.63) is 12.7 Å². The summed E-state index contributed by atoms with van der Waals surface area (Å²) in [5.74, 6) is 1.97. The van der Waals surface area contributed by atoms with Crippen molar-refractivity contribution in [1.29, 1.82) is 0 Å². The van der Waals surface area contributed by atoms with Gasteiger partial charge in [0.1, 0.15) is 0 Å². The van der Waals surface area contributed by atoms with Gasteiger partial charge >= 0.3 is 0 Å². The predicted molar refractivity (Wildman–Crippen MR) is 55.8 cm³/mol. The molecule has 78 valence electrons. The molecule has 2 aliphatic rings. The highest BCUT2D eigenvalue weighted by atomic mass is 16.1. The van der Waals surface area contributed by atoms with E-state index in [1.165, 1.54) is 0 Å². The highest BCUT2D eigenvalue weighted by Crippen LogP contribution is 2.38. The first kappa shape index (κ1) is 9.71. The summed E-state index contributed by atoms with van der Waals surface area (Å²) in [6, 6.07) is 0. The van der Waals surface area contributed by atoms with Crippen molar-refractivity contribution in [3.8, 4) is 0 Å². The topological polar surface area (TPSA) is 41.1 Å². The minimum absolute atomic E-state index is 0.222. The number of hydrogen-bond acceptors (Lipinski definition) is 2. The monoisotopic (exact) mass is 194 g/mol. The van der Waals surface area contributed by atoms with Gasteiger partial charge in [-0.05, 0) is 37.8 Å². The Hall–Kier alpha value is -0.830. The Morgan fingerprint density at radius 3 is 2.64 bits per heavy atom. The number of carbonyl (C=O) groups excluding carboxylic acids is 1. The molecule has 1 saturated carbocycles. The van der Waals surface area contributed by atoms with Crippen LogP contribution in [0.15, 0.2) is 12.7 Å². The van der Waals surface area contributed by atoms with Crippen molar-refractivity contribution in [3.63, 3.8) is 0 Å². The van der Waals surface area contributed by atoms with Crippen LogP contribution < -0.4 is 10.6 Å². The van der Waals surface area contributed by atoms with E-state index < -0.39 is 0 Å². The highest BCUT2D eigenvalue weighted by Gasteiger charge is 2.39. The Labute approximate surface area is 84.9 Å². The molecule has 0 bridgehead atoms. The van der Waals surface area contributed by atoms with Crippen molar-refractivity contribution in [2.75, 3.05) is 19.6 Å². The van der Waals surface area contributed by atoms with Gasteiger partial charge in [0.2, 0.25) is 5.91 Å². The van der Waals surface area contributed by atoms with Crippen LogP contribution in [0, 0.1) is 17.8 Å². The molecule has 2 fully saturated rings. The van der Waals surface area contributed by atoms with Gasteiger partial charge in [0.05, 0.1) is 0 Å². The minimum Gasteiger partial charge on any atom is -0.352 e. The molecule has 1 unspecified atom stereocenters. The highest BCUT2D eigenvalue weighted by molar-refractivity contribution is 5.79. The zero-order valence-electron chi connectivity index (χ0n) is 8.46. The first-order valence-electron chi connectivity index (χ1n) is 5.40. The zero-order chi connectivity index (χ0) is 9.97. The van der Waals surface area contributed by atoms with Gasteiger partial charge in [-0.15, -0.1) is 6.58 Å². The largest absolute Gasteiger partial charge is 0.352 e. The quantitative estimate of drug-likeness (QED) is 0.644. The van der Waals surface area contributed by atoms with Gasteiger partial charge < -0.3 is 10.6 Å². The van der Waals surface area contributed by atoms with Crippen LogP contribution >= 0.6 is 0 Å². The van der Waals surface area contributed by atoms with Gasteiger partial charge in [-0.25, -0.2) is 0 Å². The number of carbonyl (C=O) groups is 1. The summed E-state index contributed by atoms with van der Waals surface area (Å²) in [7, 11) is 0. The van der Waals surface area contributed by atoms with E-state index in [4.69, 9.17) is 0 Å². The number of amides is 1. The third kappa shape index (κ3) is 1.82. The first-order chi connectivity index (χ1) is 6.81. The fourth-order valence-electron chi connectivity index (χ4n) is 2.70. The fourth-order valence-corrected chi connectivity index (χ4v) is 2.70. The number of hydrogen-bond donors (Lipinski definition) is 2. The summed E-state index contributed by atoms with van der Waals surface area (Å²) in [6.07, 6.45) is 3.87. The Balaban J connectivity index is 1.83. The SMILES string of the molecule is C=CCNC(=O)C1C[C@H]2CNC[C@H]2C1. The second-order valence-electron chi connectivity index (χ2n) is 4.38. The molecule has 0 aromatic heterocycles. The molecule has 14 heavy (non-hydrogen) atoms. The van der Waals surface area contributed by atoms with Crippen molar-refractivity contribution < 1.29 is 4.79 Å². The van der Waals surface area contributed by atoms with E-state index in [1.807, 2.05) is 0 Å². The molecular formula is C11H18N2O. The first-order valence-corrected chi connectivity index (χ1v) is 5.40. The molecule has 3 nitrogen and oxygen atoms in total. The maximum Gasteiger partial charge on any atom is 0.223 e. The van der Waals surface area contributed by atoms with Gasteiger partial charge in [0, 0.05) is 12.5 Å². The molecule has 2 rings (SSSR count). The van der Waals surface area contributed by atoms with Crippen molar-refractivity contribution >= 4 is 5.91 Å². The maximum absolute atomic E-state index is 11.7. The van der Waals surface area contributed by atoms with E-state index in [0.717, 1.165) is 37.8 Å². The second-order valence-corrected chi connectivity index (χ2v) is 4.38. The zero-order valence-corrected chi connectivity index (χ0v) is 8.46. The van der Waals surface area contributed by atoms with E-state index in [2.05, 4.69) is 17.2 Å². The molecule has 1 aliphatic carbocycles. The molecule has 1 aliphatic heterocycles. The van der Waals surface area contributed by atoms with E-state index in [1.54, 1.807) is 6.08 Å². The average molecular weight is 194 g/mol. The predicted octanol–water partition coefficient (Wildman–Crippen LogP) is 0.534. The lowest BCUT2D eigenvalue weighted by Gasteiger charge is -2.10. The summed E-state index contributed by atoms with van der Waals surface area (Å²) in [5.41, 5.74) is 0. The Morgan fingerprint density at radius 1 is 1.43 bits per heavy atom. The third-order valence-corrected chi connectivity index (χ3v) is 3.45. The molecule has 3 atom stereocenters. The Bertz CT molecular complexity index is 227. The van der Waals surface area contributed by atoms with Crippen LogP contribution in [0.25, 0.3) is 0 Å². The smallest absolute Gasteiger partial charge is 0.223 e. The van der Waals surface area contributed by atoms with Crippen molar-refractivity contribution in [1.82, 2.24) is 10.6 Å². The normalized spacial score (nSPS) is 35.3. The molecule has 0 radical (unpaired) electrons. The Morgan fingerprint density at radius 2 is 2.07 bits per heavy atom. The number of rotatable bonds is 3. The lowest BCUT2D eigenvalue weighted by atomic mass is 10.0. The fraction of sp³-hybridized carbons (Fsp3) is 0.727. The standard InChI is InChI=1S/C11H18N2O/c1-2-3-13-11(14)8-4-9-6-12-7-10(9)5-8/h2,8-10,12H,1,3-7H2,(H,13,14)/t8?,9-,10+. The minimum atomic E-state index is 0.222. The summed E-state index contributed by atoms with van der Waals surface area (Å²) < 4.78 is 0. The van der Waals surface area contributed by atoms with E-state index in [9.17, 15) is 4.79 Å². The third-order valence-electron chi connectivity index (χ3n) is 3.45. The van der Waals surface area contributed by atoms with E-state index in [0.29, 0.717) is 6.54 Å². The molecule has 0 aromatic carbocycles. The molecule has 1 heterocycles. The maximum atomic E-state index is 11.7. The number of fused-ring (bicyclic) bond motifs is 1. The summed E-state index contributed by atoms with van der Waals surface area (Å²) in [4.78, 5) is 11.7. The average Bonchev–Trinajstić information content (AvgIpc) is 2.72. The van der Waals surface area contributed by atoms with Crippen molar-refractivity contribution in [2.24, 2.45) is 17.8 Å². The molecular weight excluding hydrogens is 176 g/mol. The molecule has 1 amide bonds. The summed E-state index contributed by atoms with van der Waals surface area (Å²) >= 11 is 0. The van der Waals surface area contributed by atoms with Crippen LogP contribution in [0.2, 0.25) is 0 Å².